The molecule has 0 saturated carbocycles. The molecule has 0 fully saturated rings. The monoisotopic (exact) mass is 259 g/mol. The third-order valence-electron chi connectivity index (χ3n) is 2.59. The van der Waals surface area contributed by atoms with Crippen molar-refractivity contribution in [3.05, 3.63) is 33.8 Å². The fourth-order valence-corrected chi connectivity index (χ4v) is 2.07. The van der Waals surface area contributed by atoms with Crippen LogP contribution in [0, 0.1) is 11.8 Å². The summed E-state index contributed by atoms with van der Waals surface area (Å²) in [6.45, 7) is 4.27. The molecule has 0 bridgehead atoms. The number of rotatable bonds is 4. The van der Waals surface area contributed by atoms with Crippen molar-refractivity contribution < 1.29 is 4.79 Å². The van der Waals surface area contributed by atoms with E-state index >= 15 is 0 Å². The van der Waals surface area contributed by atoms with E-state index in [0.717, 1.165) is 0 Å². The summed E-state index contributed by atoms with van der Waals surface area (Å²) >= 11 is 11.8. The molecule has 1 rings (SSSR count). The van der Waals surface area contributed by atoms with E-state index in [4.69, 9.17) is 28.9 Å². The average molecular weight is 260 g/mol. The van der Waals surface area contributed by atoms with Crippen molar-refractivity contribution in [2.24, 2.45) is 17.6 Å². The number of carbonyl (C=O) groups excluding carboxylic acids is 1. The predicted molar refractivity (Wildman–Crippen MR) is 68.2 cm³/mol. The first-order valence-corrected chi connectivity index (χ1v) is 5.92. The Morgan fingerprint density at radius 1 is 1.38 bits per heavy atom. The summed E-state index contributed by atoms with van der Waals surface area (Å²) in [5, 5.41) is 0.909. The molecule has 1 aromatic rings. The summed E-state index contributed by atoms with van der Waals surface area (Å²) in [6.07, 6.45) is 0. The maximum atomic E-state index is 12.1. The van der Waals surface area contributed by atoms with Crippen LogP contribution in [0.4, 0.5) is 0 Å². The summed E-state index contributed by atoms with van der Waals surface area (Å²) in [6, 6.07) is 4.89. The highest BCUT2D eigenvalue weighted by Gasteiger charge is 2.23. The first-order valence-electron chi connectivity index (χ1n) is 5.16. The standard InChI is InChI=1S/C12H15Cl2NO/c1-7(2)10(6-15)12(16)9-4-3-8(13)5-11(9)14/h3-5,7,10H,6,15H2,1-2H3. The SMILES string of the molecule is CC(C)C(CN)C(=O)c1ccc(Cl)cc1Cl. The third-order valence-corrected chi connectivity index (χ3v) is 3.14. The molecular formula is C12H15Cl2NO. The molecule has 2 nitrogen and oxygen atoms in total. The molecule has 0 radical (unpaired) electrons. The van der Waals surface area contributed by atoms with Gasteiger partial charge in [0.05, 0.1) is 5.02 Å². The van der Waals surface area contributed by atoms with E-state index in [1.54, 1.807) is 18.2 Å². The van der Waals surface area contributed by atoms with Crippen LogP contribution in [0.5, 0.6) is 0 Å². The number of hydrogen-bond donors (Lipinski definition) is 1. The second-order valence-corrected chi connectivity index (χ2v) is 4.92. The molecule has 0 saturated heterocycles. The van der Waals surface area contributed by atoms with Crippen LogP contribution in [-0.4, -0.2) is 12.3 Å². The van der Waals surface area contributed by atoms with Crippen LogP contribution in [-0.2, 0) is 0 Å². The molecule has 2 N–H and O–H groups in total. The normalized spacial score (nSPS) is 12.9. The van der Waals surface area contributed by atoms with Crippen LogP contribution in [0.25, 0.3) is 0 Å². The zero-order chi connectivity index (χ0) is 12.3. The van der Waals surface area contributed by atoms with Gasteiger partial charge in [-0.2, -0.15) is 0 Å². The maximum Gasteiger partial charge on any atom is 0.168 e. The van der Waals surface area contributed by atoms with Gasteiger partial charge in [0.15, 0.2) is 5.78 Å². The summed E-state index contributed by atoms with van der Waals surface area (Å²) in [7, 11) is 0. The van der Waals surface area contributed by atoms with Crippen LogP contribution < -0.4 is 5.73 Å². The van der Waals surface area contributed by atoms with Gasteiger partial charge < -0.3 is 5.73 Å². The molecule has 0 aliphatic heterocycles. The fraction of sp³-hybridized carbons (Fsp3) is 0.417. The summed E-state index contributed by atoms with van der Waals surface area (Å²) in [5.41, 5.74) is 6.10. The molecular weight excluding hydrogens is 245 g/mol. The Labute approximate surface area is 106 Å². The lowest BCUT2D eigenvalue weighted by molar-refractivity contribution is 0.0892. The fourth-order valence-electron chi connectivity index (χ4n) is 1.57. The second-order valence-electron chi connectivity index (χ2n) is 4.07. The van der Waals surface area contributed by atoms with Crippen molar-refractivity contribution in [1.29, 1.82) is 0 Å². The molecule has 88 valence electrons. The van der Waals surface area contributed by atoms with E-state index in [1.165, 1.54) is 0 Å². The van der Waals surface area contributed by atoms with Crippen LogP contribution in [0.2, 0.25) is 10.0 Å². The summed E-state index contributed by atoms with van der Waals surface area (Å²) in [4.78, 5) is 12.1. The smallest absolute Gasteiger partial charge is 0.168 e. The van der Waals surface area contributed by atoms with Gasteiger partial charge >= 0.3 is 0 Å². The van der Waals surface area contributed by atoms with E-state index in [9.17, 15) is 4.79 Å². The summed E-state index contributed by atoms with van der Waals surface area (Å²) < 4.78 is 0. The molecule has 4 heteroatoms. The Morgan fingerprint density at radius 2 is 2.00 bits per heavy atom. The van der Waals surface area contributed by atoms with Gasteiger partial charge in [-0.3, -0.25) is 4.79 Å². The van der Waals surface area contributed by atoms with Crippen molar-refractivity contribution in [2.75, 3.05) is 6.54 Å². The number of nitrogens with two attached hydrogens (primary N) is 1. The van der Waals surface area contributed by atoms with E-state index in [2.05, 4.69) is 0 Å². The minimum atomic E-state index is -0.196. The number of Topliss-reactive ketones (excluding diaryl/α,β-unsaturated/α-hetero) is 1. The van der Waals surface area contributed by atoms with Crippen molar-refractivity contribution in [2.45, 2.75) is 13.8 Å². The Morgan fingerprint density at radius 3 is 2.44 bits per heavy atom. The number of carbonyl (C=O) groups is 1. The van der Waals surface area contributed by atoms with Crippen LogP contribution in [0.15, 0.2) is 18.2 Å². The highest BCUT2D eigenvalue weighted by molar-refractivity contribution is 6.36. The van der Waals surface area contributed by atoms with Gasteiger partial charge in [-0.05, 0) is 24.1 Å². The van der Waals surface area contributed by atoms with Crippen LogP contribution in [0.3, 0.4) is 0 Å². The lowest BCUT2D eigenvalue weighted by Crippen LogP contribution is -2.28. The molecule has 1 unspecified atom stereocenters. The number of ketones is 1. The third kappa shape index (κ3) is 2.97. The second kappa shape index (κ2) is 5.67. The number of halogens is 2. The molecule has 1 aromatic carbocycles. The van der Waals surface area contributed by atoms with Crippen molar-refractivity contribution in [1.82, 2.24) is 0 Å². The number of hydrogen-bond acceptors (Lipinski definition) is 2. The Kier molecular flexibility index (Phi) is 4.78. The van der Waals surface area contributed by atoms with Crippen molar-refractivity contribution >= 4 is 29.0 Å². The molecule has 0 aliphatic carbocycles. The molecule has 1 atom stereocenters. The van der Waals surface area contributed by atoms with E-state index in [1.807, 2.05) is 13.8 Å². The van der Waals surface area contributed by atoms with Gasteiger partial charge in [0.2, 0.25) is 0 Å². The Balaban J connectivity index is 3.04. The molecule has 0 spiro atoms. The summed E-state index contributed by atoms with van der Waals surface area (Å²) in [5.74, 6) is -0.0120. The maximum absolute atomic E-state index is 12.1. The highest BCUT2D eigenvalue weighted by atomic mass is 35.5. The minimum absolute atomic E-state index is 0.0147. The first-order chi connectivity index (χ1) is 7.47. The quantitative estimate of drug-likeness (QED) is 0.843. The van der Waals surface area contributed by atoms with Gasteiger partial charge in [0.25, 0.3) is 0 Å². The lowest BCUT2D eigenvalue weighted by Gasteiger charge is -2.18. The minimum Gasteiger partial charge on any atom is -0.330 e. The van der Waals surface area contributed by atoms with E-state index < -0.39 is 0 Å². The van der Waals surface area contributed by atoms with Gasteiger partial charge in [-0.1, -0.05) is 37.0 Å². The lowest BCUT2D eigenvalue weighted by atomic mass is 9.88. The molecule has 16 heavy (non-hydrogen) atoms. The van der Waals surface area contributed by atoms with Gasteiger partial charge in [-0.25, -0.2) is 0 Å². The van der Waals surface area contributed by atoms with Gasteiger partial charge in [0, 0.05) is 23.0 Å². The molecule has 0 heterocycles. The zero-order valence-corrected chi connectivity index (χ0v) is 10.8. The van der Waals surface area contributed by atoms with Crippen molar-refractivity contribution in [3.8, 4) is 0 Å². The largest absolute Gasteiger partial charge is 0.330 e. The van der Waals surface area contributed by atoms with Crippen LogP contribution in [0.1, 0.15) is 24.2 Å². The predicted octanol–water partition coefficient (Wildman–Crippen LogP) is 3.41. The zero-order valence-electron chi connectivity index (χ0n) is 9.34. The Bertz CT molecular complexity index is 391. The average Bonchev–Trinajstić information content (AvgIpc) is 2.17. The van der Waals surface area contributed by atoms with E-state index in [0.29, 0.717) is 22.2 Å². The van der Waals surface area contributed by atoms with Crippen molar-refractivity contribution in [3.63, 3.8) is 0 Å². The first kappa shape index (κ1) is 13.5. The van der Waals surface area contributed by atoms with Crippen LogP contribution >= 0.6 is 23.2 Å². The molecule has 0 aliphatic rings. The Hall–Kier alpha value is -0.570. The van der Waals surface area contributed by atoms with E-state index in [-0.39, 0.29) is 17.6 Å². The number of benzene rings is 1. The molecule has 0 aromatic heterocycles. The van der Waals surface area contributed by atoms with Gasteiger partial charge in [-0.15, -0.1) is 0 Å². The highest BCUT2D eigenvalue weighted by Crippen LogP contribution is 2.25. The van der Waals surface area contributed by atoms with Gasteiger partial charge in [0.1, 0.15) is 0 Å². The molecule has 0 amide bonds. The topological polar surface area (TPSA) is 43.1 Å².